The van der Waals surface area contributed by atoms with Gasteiger partial charge < -0.3 is 9.84 Å². The number of piperidine rings is 1. The molecule has 0 aromatic heterocycles. The Bertz CT molecular complexity index is 427. The first-order valence-electron chi connectivity index (χ1n) is 7.82. The number of aliphatic hydroxyl groups is 1. The molecular weight excluding hydrogens is 266 g/mol. The summed E-state index contributed by atoms with van der Waals surface area (Å²) in [5.74, 6) is 0.216. The third-order valence-corrected chi connectivity index (χ3v) is 4.11. The Kier molecular flexibility index (Phi) is 6.36. The van der Waals surface area contributed by atoms with E-state index >= 15 is 0 Å². The van der Waals surface area contributed by atoms with E-state index in [-0.39, 0.29) is 24.5 Å². The largest absolute Gasteiger partial charge is 0.394 e. The molecule has 0 spiro atoms. The molecule has 1 fully saturated rings. The second-order valence-electron chi connectivity index (χ2n) is 5.48. The monoisotopic (exact) mass is 291 g/mol. The fourth-order valence-electron chi connectivity index (χ4n) is 2.98. The highest BCUT2D eigenvalue weighted by molar-refractivity contribution is 6.00. The summed E-state index contributed by atoms with van der Waals surface area (Å²) in [6.07, 6.45) is 2.91. The molecular formula is C17H25NO3. The molecule has 116 valence electrons. The highest BCUT2D eigenvalue weighted by Crippen LogP contribution is 2.20. The van der Waals surface area contributed by atoms with Crippen LogP contribution in [0.2, 0.25) is 0 Å². The van der Waals surface area contributed by atoms with E-state index in [0.717, 1.165) is 37.9 Å². The number of likely N-dealkylation sites (tertiary alicyclic amines) is 1. The third-order valence-electron chi connectivity index (χ3n) is 4.11. The number of nitrogens with zero attached hydrogens (tertiary/aromatic N) is 1. The molecule has 21 heavy (non-hydrogen) atoms. The summed E-state index contributed by atoms with van der Waals surface area (Å²) >= 11 is 0. The van der Waals surface area contributed by atoms with Crippen LogP contribution in [0.25, 0.3) is 0 Å². The minimum absolute atomic E-state index is 0.0359. The fourth-order valence-corrected chi connectivity index (χ4v) is 2.98. The topological polar surface area (TPSA) is 49.8 Å². The van der Waals surface area contributed by atoms with Gasteiger partial charge in [0.05, 0.1) is 25.4 Å². The molecule has 1 aromatic carbocycles. The molecule has 1 saturated heterocycles. The number of hydrogen-bond donors (Lipinski definition) is 1. The minimum atomic E-state index is -0.0359. The van der Waals surface area contributed by atoms with Crippen molar-refractivity contribution in [3.63, 3.8) is 0 Å². The number of benzene rings is 1. The van der Waals surface area contributed by atoms with Crippen LogP contribution in [0.5, 0.6) is 0 Å². The van der Waals surface area contributed by atoms with E-state index in [9.17, 15) is 4.79 Å². The standard InChI is InChI=1S/C17H25NO3/c1-2-16(17(20)14-6-4-3-5-7-14)18-10-8-15(9-11-18)21-13-12-19/h3-7,15-16,19H,2,8-13H2,1H3. The van der Waals surface area contributed by atoms with Crippen molar-refractivity contribution in [1.29, 1.82) is 0 Å². The van der Waals surface area contributed by atoms with Gasteiger partial charge in [0, 0.05) is 18.7 Å². The summed E-state index contributed by atoms with van der Waals surface area (Å²) < 4.78 is 5.58. The van der Waals surface area contributed by atoms with Crippen molar-refractivity contribution in [1.82, 2.24) is 4.90 Å². The number of Topliss-reactive ketones (excluding diaryl/α,β-unsaturated/α-hetero) is 1. The first-order chi connectivity index (χ1) is 10.3. The van der Waals surface area contributed by atoms with Gasteiger partial charge in [-0.25, -0.2) is 0 Å². The van der Waals surface area contributed by atoms with Crippen LogP contribution >= 0.6 is 0 Å². The van der Waals surface area contributed by atoms with Crippen LogP contribution < -0.4 is 0 Å². The van der Waals surface area contributed by atoms with E-state index in [2.05, 4.69) is 11.8 Å². The maximum absolute atomic E-state index is 12.6. The van der Waals surface area contributed by atoms with Crippen molar-refractivity contribution in [3.8, 4) is 0 Å². The smallest absolute Gasteiger partial charge is 0.179 e. The van der Waals surface area contributed by atoms with E-state index in [0.29, 0.717) is 6.61 Å². The molecule has 1 atom stereocenters. The number of ether oxygens (including phenoxy) is 1. The SMILES string of the molecule is CCC(C(=O)c1ccccc1)N1CCC(OCCO)CC1. The molecule has 1 heterocycles. The van der Waals surface area contributed by atoms with Gasteiger partial charge in [-0.05, 0) is 19.3 Å². The Balaban J connectivity index is 1.92. The lowest BCUT2D eigenvalue weighted by atomic mass is 9.97. The van der Waals surface area contributed by atoms with Gasteiger partial charge in [0.1, 0.15) is 0 Å². The summed E-state index contributed by atoms with van der Waals surface area (Å²) in [5.41, 5.74) is 0.794. The Morgan fingerprint density at radius 1 is 1.33 bits per heavy atom. The van der Waals surface area contributed by atoms with Crippen molar-refractivity contribution < 1.29 is 14.6 Å². The van der Waals surface area contributed by atoms with Gasteiger partial charge in [-0.2, -0.15) is 0 Å². The summed E-state index contributed by atoms with van der Waals surface area (Å²) in [5, 5.41) is 8.79. The molecule has 4 heteroatoms. The van der Waals surface area contributed by atoms with Gasteiger partial charge in [-0.15, -0.1) is 0 Å². The zero-order valence-electron chi connectivity index (χ0n) is 12.7. The lowest BCUT2D eigenvalue weighted by Gasteiger charge is -2.36. The van der Waals surface area contributed by atoms with Crippen LogP contribution in [0.1, 0.15) is 36.5 Å². The summed E-state index contributed by atoms with van der Waals surface area (Å²) in [7, 11) is 0. The zero-order chi connectivity index (χ0) is 15.1. The minimum Gasteiger partial charge on any atom is -0.394 e. The second-order valence-corrected chi connectivity index (χ2v) is 5.48. The van der Waals surface area contributed by atoms with E-state index in [4.69, 9.17) is 9.84 Å². The predicted molar refractivity (Wildman–Crippen MR) is 82.5 cm³/mol. The average Bonchev–Trinajstić information content (AvgIpc) is 2.55. The predicted octanol–water partition coefficient (Wildman–Crippen LogP) is 2.12. The van der Waals surface area contributed by atoms with E-state index in [1.807, 2.05) is 30.3 Å². The molecule has 0 aliphatic carbocycles. The van der Waals surface area contributed by atoms with Crippen molar-refractivity contribution in [2.75, 3.05) is 26.3 Å². The van der Waals surface area contributed by atoms with Crippen molar-refractivity contribution in [2.24, 2.45) is 0 Å². The van der Waals surface area contributed by atoms with Crippen LogP contribution in [-0.4, -0.2) is 54.2 Å². The van der Waals surface area contributed by atoms with Crippen LogP contribution in [0.15, 0.2) is 30.3 Å². The lowest BCUT2D eigenvalue weighted by Crippen LogP contribution is -2.47. The van der Waals surface area contributed by atoms with Crippen LogP contribution in [-0.2, 0) is 4.74 Å². The Morgan fingerprint density at radius 3 is 2.57 bits per heavy atom. The lowest BCUT2D eigenvalue weighted by molar-refractivity contribution is -0.0140. The third kappa shape index (κ3) is 4.37. The van der Waals surface area contributed by atoms with Crippen molar-refractivity contribution >= 4 is 5.78 Å². The molecule has 1 aromatic rings. The van der Waals surface area contributed by atoms with Crippen LogP contribution in [0.4, 0.5) is 0 Å². The number of carbonyl (C=O) groups is 1. The molecule has 0 saturated carbocycles. The van der Waals surface area contributed by atoms with Crippen LogP contribution in [0, 0.1) is 0 Å². The molecule has 0 bridgehead atoms. The molecule has 2 rings (SSSR count). The normalized spacial score (nSPS) is 18.6. The number of hydrogen-bond acceptors (Lipinski definition) is 4. The van der Waals surface area contributed by atoms with Crippen molar-refractivity contribution in [3.05, 3.63) is 35.9 Å². The fraction of sp³-hybridized carbons (Fsp3) is 0.588. The molecule has 0 amide bonds. The van der Waals surface area contributed by atoms with Gasteiger partial charge in [-0.3, -0.25) is 9.69 Å². The van der Waals surface area contributed by atoms with Crippen LogP contribution in [0.3, 0.4) is 0 Å². The summed E-state index contributed by atoms with van der Waals surface area (Å²) in [6, 6.07) is 9.50. The maximum Gasteiger partial charge on any atom is 0.179 e. The summed E-state index contributed by atoms with van der Waals surface area (Å²) in [6.45, 7) is 4.31. The van der Waals surface area contributed by atoms with Gasteiger partial charge in [-0.1, -0.05) is 37.3 Å². The Labute approximate surface area is 126 Å². The molecule has 1 unspecified atom stereocenters. The van der Waals surface area contributed by atoms with Crippen molar-refractivity contribution in [2.45, 2.75) is 38.3 Å². The Morgan fingerprint density at radius 2 is 2.00 bits per heavy atom. The number of aliphatic hydroxyl groups excluding tert-OH is 1. The van der Waals surface area contributed by atoms with Gasteiger partial charge in [0.25, 0.3) is 0 Å². The van der Waals surface area contributed by atoms with Gasteiger partial charge in [0.2, 0.25) is 0 Å². The van der Waals surface area contributed by atoms with E-state index in [1.165, 1.54) is 0 Å². The number of ketones is 1. The van der Waals surface area contributed by atoms with Gasteiger partial charge >= 0.3 is 0 Å². The highest BCUT2D eigenvalue weighted by Gasteiger charge is 2.29. The molecule has 4 nitrogen and oxygen atoms in total. The van der Waals surface area contributed by atoms with E-state index in [1.54, 1.807) is 0 Å². The quantitative estimate of drug-likeness (QED) is 0.782. The highest BCUT2D eigenvalue weighted by atomic mass is 16.5. The summed E-state index contributed by atoms with van der Waals surface area (Å²) in [4.78, 5) is 14.9. The molecule has 1 N–H and O–H groups in total. The maximum atomic E-state index is 12.6. The van der Waals surface area contributed by atoms with Gasteiger partial charge in [0.15, 0.2) is 5.78 Å². The first kappa shape index (κ1) is 16.1. The number of rotatable bonds is 7. The Hall–Kier alpha value is -1.23. The van der Waals surface area contributed by atoms with E-state index < -0.39 is 0 Å². The average molecular weight is 291 g/mol. The zero-order valence-corrected chi connectivity index (χ0v) is 12.7. The number of carbonyl (C=O) groups excluding carboxylic acids is 1. The second kappa shape index (κ2) is 8.27. The molecule has 1 aliphatic rings. The molecule has 0 radical (unpaired) electrons. The molecule has 1 aliphatic heterocycles. The first-order valence-corrected chi connectivity index (χ1v) is 7.82.